The van der Waals surface area contributed by atoms with Crippen LogP contribution < -0.4 is 4.90 Å². The first-order valence-corrected chi connectivity index (χ1v) is 10.5. The van der Waals surface area contributed by atoms with Crippen LogP contribution in [0.4, 0.5) is 18.9 Å². The number of hydrogen-bond donors (Lipinski definition) is 0. The molecule has 2 aromatic rings. The lowest BCUT2D eigenvalue weighted by atomic mass is 10.1. The van der Waals surface area contributed by atoms with Crippen molar-refractivity contribution >= 4 is 27.3 Å². The van der Waals surface area contributed by atoms with E-state index in [9.17, 15) is 21.6 Å². The summed E-state index contributed by atoms with van der Waals surface area (Å²) in [7, 11) is -4.32. The molecule has 2 heterocycles. The normalized spacial score (nSPS) is 16.8. The Morgan fingerprint density at radius 2 is 1.82 bits per heavy atom. The van der Waals surface area contributed by atoms with Crippen LogP contribution in [0.25, 0.3) is 0 Å². The zero-order chi connectivity index (χ0) is 20.5. The SMILES string of the molecule is Cc1c(Cl)cccc1N1CCCN(S(=O)(=O)c2cccnc2C(F)(F)F)CC1. The molecule has 1 aromatic carbocycles. The summed E-state index contributed by atoms with van der Waals surface area (Å²) in [6.07, 6.45) is -3.43. The van der Waals surface area contributed by atoms with Gasteiger partial charge in [0, 0.05) is 43.1 Å². The van der Waals surface area contributed by atoms with Crippen molar-refractivity contribution in [3.63, 3.8) is 0 Å². The summed E-state index contributed by atoms with van der Waals surface area (Å²) in [5.41, 5.74) is 0.387. The molecule has 0 bridgehead atoms. The van der Waals surface area contributed by atoms with E-state index in [0.717, 1.165) is 27.8 Å². The van der Waals surface area contributed by atoms with Crippen LogP contribution >= 0.6 is 11.6 Å². The van der Waals surface area contributed by atoms with Crippen molar-refractivity contribution in [1.29, 1.82) is 0 Å². The number of alkyl halides is 3. The summed E-state index contributed by atoms with van der Waals surface area (Å²) in [5, 5.41) is 0.608. The Balaban J connectivity index is 1.87. The number of nitrogens with zero attached hydrogens (tertiary/aromatic N) is 3. The molecule has 1 aliphatic rings. The van der Waals surface area contributed by atoms with Gasteiger partial charge in [0.15, 0.2) is 5.69 Å². The van der Waals surface area contributed by atoms with Crippen LogP contribution in [-0.4, -0.2) is 43.9 Å². The molecule has 1 saturated heterocycles. The topological polar surface area (TPSA) is 53.5 Å². The fraction of sp³-hybridized carbons (Fsp3) is 0.389. The van der Waals surface area contributed by atoms with E-state index in [1.54, 1.807) is 6.07 Å². The summed E-state index contributed by atoms with van der Waals surface area (Å²) in [6, 6.07) is 7.64. The molecular formula is C18H19ClF3N3O2S. The molecule has 0 radical (unpaired) electrons. The van der Waals surface area contributed by atoms with Crippen LogP contribution in [0, 0.1) is 6.92 Å². The van der Waals surface area contributed by atoms with Gasteiger partial charge in [-0.05, 0) is 43.2 Å². The second-order valence-corrected chi connectivity index (χ2v) is 8.79. The Kier molecular flexibility index (Phi) is 5.88. The minimum absolute atomic E-state index is 0.0699. The molecule has 0 N–H and O–H groups in total. The second-order valence-electron chi connectivity index (χ2n) is 6.48. The lowest BCUT2D eigenvalue weighted by Gasteiger charge is -2.25. The van der Waals surface area contributed by atoms with Gasteiger partial charge >= 0.3 is 6.18 Å². The van der Waals surface area contributed by atoms with E-state index in [-0.39, 0.29) is 13.1 Å². The highest BCUT2D eigenvalue weighted by atomic mass is 35.5. The minimum Gasteiger partial charge on any atom is -0.370 e. The molecule has 3 rings (SSSR count). The van der Waals surface area contributed by atoms with E-state index in [1.807, 2.05) is 24.0 Å². The van der Waals surface area contributed by atoms with Crippen LogP contribution in [-0.2, 0) is 16.2 Å². The molecule has 1 aromatic heterocycles. The predicted octanol–water partition coefficient (Wildman–Crippen LogP) is 3.96. The van der Waals surface area contributed by atoms with Gasteiger partial charge in [-0.2, -0.15) is 17.5 Å². The first-order chi connectivity index (χ1) is 13.1. The van der Waals surface area contributed by atoms with E-state index in [2.05, 4.69) is 4.98 Å². The third-order valence-electron chi connectivity index (χ3n) is 4.69. The minimum atomic E-state index is -4.85. The molecule has 28 heavy (non-hydrogen) atoms. The van der Waals surface area contributed by atoms with Gasteiger partial charge in [-0.3, -0.25) is 4.98 Å². The first-order valence-electron chi connectivity index (χ1n) is 8.65. The summed E-state index contributed by atoms with van der Waals surface area (Å²) >= 11 is 6.17. The number of rotatable bonds is 3. The molecule has 0 saturated carbocycles. The number of benzene rings is 1. The Morgan fingerprint density at radius 3 is 2.54 bits per heavy atom. The summed E-state index contributed by atoms with van der Waals surface area (Å²) in [5.74, 6) is 0. The fourth-order valence-electron chi connectivity index (χ4n) is 3.26. The maximum absolute atomic E-state index is 13.2. The van der Waals surface area contributed by atoms with Gasteiger partial charge in [0.2, 0.25) is 10.0 Å². The summed E-state index contributed by atoms with van der Waals surface area (Å²) < 4.78 is 66.6. The zero-order valence-corrected chi connectivity index (χ0v) is 16.7. The third-order valence-corrected chi connectivity index (χ3v) is 7.03. The van der Waals surface area contributed by atoms with Gasteiger partial charge in [-0.15, -0.1) is 0 Å². The molecule has 1 aliphatic heterocycles. The number of sulfonamides is 1. The van der Waals surface area contributed by atoms with Crippen molar-refractivity contribution in [3.8, 4) is 0 Å². The number of anilines is 1. The highest BCUT2D eigenvalue weighted by Gasteiger charge is 2.40. The zero-order valence-electron chi connectivity index (χ0n) is 15.1. The van der Waals surface area contributed by atoms with Gasteiger partial charge < -0.3 is 4.90 Å². The van der Waals surface area contributed by atoms with E-state index in [4.69, 9.17) is 11.6 Å². The maximum atomic E-state index is 13.2. The van der Waals surface area contributed by atoms with Crippen LogP contribution in [0.15, 0.2) is 41.4 Å². The van der Waals surface area contributed by atoms with Crippen molar-refractivity contribution in [3.05, 3.63) is 52.8 Å². The fourth-order valence-corrected chi connectivity index (χ4v) is 5.07. The van der Waals surface area contributed by atoms with Gasteiger partial charge in [-0.25, -0.2) is 8.42 Å². The average Bonchev–Trinajstić information content (AvgIpc) is 2.90. The average molecular weight is 434 g/mol. The first kappa shape index (κ1) is 20.9. The van der Waals surface area contributed by atoms with Gasteiger partial charge in [-0.1, -0.05) is 17.7 Å². The Bertz CT molecular complexity index is 967. The number of aromatic nitrogens is 1. The molecule has 5 nitrogen and oxygen atoms in total. The smallest absolute Gasteiger partial charge is 0.370 e. The monoisotopic (exact) mass is 433 g/mol. The van der Waals surface area contributed by atoms with Crippen LogP contribution in [0.2, 0.25) is 5.02 Å². The van der Waals surface area contributed by atoms with Crippen molar-refractivity contribution in [1.82, 2.24) is 9.29 Å². The third kappa shape index (κ3) is 4.11. The molecule has 0 spiro atoms. The lowest BCUT2D eigenvalue weighted by molar-refractivity contribution is -0.143. The van der Waals surface area contributed by atoms with E-state index < -0.39 is 26.8 Å². The van der Waals surface area contributed by atoms with Crippen molar-refractivity contribution in [2.75, 3.05) is 31.1 Å². The summed E-state index contributed by atoms with van der Waals surface area (Å²) in [4.78, 5) is 4.46. The molecule has 0 unspecified atom stereocenters. The summed E-state index contributed by atoms with van der Waals surface area (Å²) in [6.45, 7) is 3.00. The Morgan fingerprint density at radius 1 is 1.07 bits per heavy atom. The van der Waals surface area contributed by atoms with Gasteiger partial charge in [0.1, 0.15) is 4.90 Å². The highest BCUT2D eigenvalue weighted by molar-refractivity contribution is 7.89. The quantitative estimate of drug-likeness (QED) is 0.735. The van der Waals surface area contributed by atoms with E-state index in [1.165, 1.54) is 6.07 Å². The van der Waals surface area contributed by atoms with E-state index >= 15 is 0 Å². The predicted molar refractivity (Wildman–Crippen MR) is 101 cm³/mol. The van der Waals surface area contributed by atoms with Crippen LogP contribution in [0.1, 0.15) is 17.7 Å². The van der Waals surface area contributed by atoms with Gasteiger partial charge in [0.25, 0.3) is 0 Å². The Hall–Kier alpha value is -1.84. The number of hydrogen-bond acceptors (Lipinski definition) is 4. The van der Waals surface area contributed by atoms with Crippen molar-refractivity contribution in [2.45, 2.75) is 24.4 Å². The van der Waals surface area contributed by atoms with Gasteiger partial charge in [0.05, 0.1) is 0 Å². The molecule has 10 heteroatoms. The lowest BCUT2D eigenvalue weighted by Crippen LogP contribution is -2.36. The molecule has 0 atom stereocenters. The van der Waals surface area contributed by atoms with Crippen LogP contribution in [0.3, 0.4) is 0 Å². The maximum Gasteiger partial charge on any atom is 0.434 e. The number of halogens is 4. The van der Waals surface area contributed by atoms with E-state index in [0.29, 0.717) is 24.5 Å². The molecule has 0 aliphatic carbocycles. The Labute approximate surface area is 166 Å². The van der Waals surface area contributed by atoms with Crippen LogP contribution in [0.5, 0.6) is 0 Å². The molecule has 0 amide bonds. The standard InChI is InChI=1S/C18H19ClF3N3O2S/c1-13-14(19)5-2-6-15(13)24-9-4-10-25(12-11-24)28(26,27)16-7-3-8-23-17(16)18(20,21)22/h2-3,5-8H,4,9-12H2,1H3. The molecule has 152 valence electrons. The number of pyridine rings is 1. The highest BCUT2D eigenvalue weighted by Crippen LogP contribution is 2.34. The van der Waals surface area contributed by atoms with Crippen molar-refractivity contribution < 1.29 is 21.6 Å². The molecular weight excluding hydrogens is 415 g/mol. The molecule has 1 fully saturated rings. The second kappa shape index (κ2) is 7.88. The largest absolute Gasteiger partial charge is 0.434 e. The van der Waals surface area contributed by atoms with Crippen molar-refractivity contribution in [2.24, 2.45) is 0 Å².